The van der Waals surface area contributed by atoms with E-state index in [1.165, 1.54) is 0 Å². The third-order valence-corrected chi connectivity index (χ3v) is 2.97. The fourth-order valence-electron chi connectivity index (χ4n) is 2.04. The summed E-state index contributed by atoms with van der Waals surface area (Å²) in [6, 6.07) is -0.376. The Morgan fingerprint density at radius 2 is 1.80 bits per heavy atom. The summed E-state index contributed by atoms with van der Waals surface area (Å²) >= 11 is 0. The monoisotopic (exact) mass is 223 g/mol. The van der Waals surface area contributed by atoms with Crippen molar-refractivity contribution in [2.45, 2.75) is 51.2 Å². The summed E-state index contributed by atoms with van der Waals surface area (Å²) in [5.41, 5.74) is 0. The van der Waals surface area contributed by atoms with Crippen molar-refractivity contribution < 1.29 is 18.0 Å². The Bertz CT molecular complexity index is 221. The molecule has 1 atom stereocenters. The fraction of sp³-hybridized carbons (Fsp3) is 0.900. The number of amides is 1. The van der Waals surface area contributed by atoms with E-state index in [0.717, 1.165) is 32.1 Å². The lowest BCUT2D eigenvalue weighted by Crippen LogP contribution is -2.45. The molecule has 0 heterocycles. The van der Waals surface area contributed by atoms with Crippen molar-refractivity contribution in [2.75, 3.05) is 0 Å². The van der Waals surface area contributed by atoms with Crippen LogP contribution in [0.25, 0.3) is 0 Å². The summed E-state index contributed by atoms with van der Waals surface area (Å²) in [7, 11) is 0. The number of hydrogen-bond donors (Lipinski definition) is 1. The number of hydrogen-bond acceptors (Lipinski definition) is 1. The molecule has 2 nitrogen and oxygen atoms in total. The molecule has 1 saturated carbocycles. The van der Waals surface area contributed by atoms with Crippen molar-refractivity contribution >= 4 is 5.91 Å². The first-order chi connectivity index (χ1) is 6.91. The van der Waals surface area contributed by atoms with Gasteiger partial charge in [0.25, 0.3) is 0 Å². The molecular weight excluding hydrogens is 207 g/mol. The second-order valence-corrected chi connectivity index (χ2v) is 4.16. The molecule has 0 aromatic carbocycles. The van der Waals surface area contributed by atoms with Crippen LogP contribution in [0.3, 0.4) is 0 Å². The average Bonchev–Trinajstić information content (AvgIpc) is 2.17. The molecule has 1 aliphatic rings. The highest BCUT2D eigenvalue weighted by molar-refractivity contribution is 5.81. The Labute approximate surface area is 87.2 Å². The van der Waals surface area contributed by atoms with Crippen LogP contribution in [0.4, 0.5) is 13.2 Å². The van der Waals surface area contributed by atoms with Gasteiger partial charge in [-0.15, -0.1) is 0 Å². The summed E-state index contributed by atoms with van der Waals surface area (Å²) in [5.74, 6) is -1.62. The van der Waals surface area contributed by atoms with Gasteiger partial charge in [0, 0.05) is 6.04 Å². The smallest absolute Gasteiger partial charge is 0.346 e. The zero-order valence-electron chi connectivity index (χ0n) is 8.73. The quantitative estimate of drug-likeness (QED) is 0.766. The Hall–Kier alpha value is -0.740. The molecule has 0 radical (unpaired) electrons. The standard InChI is InChI=1S/C10H16F3NO/c1-7(8-5-3-2-4-6-8)14-9(15)10(11,12)13/h7-8H,2-6H2,1H3,(H,14,15)/t7-/m1/s1. The molecule has 88 valence electrons. The van der Waals surface area contributed by atoms with Gasteiger partial charge in [-0.05, 0) is 25.7 Å². The second-order valence-electron chi connectivity index (χ2n) is 4.16. The van der Waals surface area contributed by atoms with Gasteiger partial charge in [0.2, 0.25) is 0 Å². The van der Waals surface area contributed by atoms with E-state index >= 15 is 0 Å². The molecule has 1 aliphatic carbocycles. The van der Waals surface area contributed by atoms with Crippen molar-refractivity contribution in [3.8, 4) is 0 Å². The van der Waals surface area contributed by atoms with E-state index in [4.69, 9.17) is 0 Å². The molecule has 1 amide bonds. The van der Waals surface area contributed by atoms with Crippen LogP contribution in [0.2, 0.25) is 0 Å². The first kappa shape index (κ1) is 12.3. The minimum Gasteiger partial charge on any atom is -0.346 e. The zero-order valence-corrected chi connectivity index (χ0v) is 8.73. The van der Waals surface area contributed by atoms with Crippen molar-refractivity contribution in [1.29, 1.82) is 0 Å². The van der Waals surface area contributed by atoms with Crippen molar-refractivity contribution in [1.82, 2.24) is 5.32 Å². The van der Waals surface area contributed by atoms with Crippen LogP contribution in [0.5, 0.6) is 0 Å². The van der Waals surface area contributed by atoms with E-state index in [1.807, 2.05) is 5.32 Å². The summed E-state index contributed by atoms with van der Waals surface area (Å²) in [4.78, 5) is 10.7. The third kappa shape index (κ3) is 3.72. The van der Waals surface area contributed by atoms with Crippen molar-refractivity contribution in [3.63, 3.8) is 0 Å². The molecule has 0 spiro atoms. The van der Waals surface area contributed by atoms with Crippen LogP contribution in [-0.4, -0.2) is 18.1 Å². The Kier molecular flexibility index (Phi) is 3.99. The maximum atomic E-state index is 12.0. The van der Waals surface area contributed by atoms with Crippen molar-refractivity contribution in [2.24, 2.45) is 5.92 Å². The maximum Gasteiger partial charge on any atom is 0.471 e. The van der Waals surface area contributed by atoms with Gasteiger partial charge in [-0.1, -0.05) is 19.3 Å². The summed E-state index contributed by atoms with van der Waals surface area (Å²) in [6.45, 7) is 1.65. The van der Waals surface area contributed by atoms with E-state index in [-0.39, 0.29) is 12.0 Å². The summed E-state index contributed by atoms with van der Waals surface area (Å²) in [5, 5.41) is 2.03. The molecule has 1 rings (SSSR count). The maximum absolute atomic E-state index is 12.0. The first-order valence-corrected chi connectivity index (χ1v) is 5.29. The third-order valence-electron chi connectivity index (χ3n) is 2.97. The highest BCUT2D eigenvalue weighted by atomic mass is 19.4. The zero-order chi connectivity index (χ0) is 11.5. The highest BCUT2D eigenvalue weighted by Crippen LogP contribution is 2.27. The largest absolute Gasteiger partial charge is 0.471 e. The number of nitrogens with one attached hydrogen (secondary N) is 1. The number of carbonyl (C=O) groups excluding carboxylic acids is 1. The summed E-state index contributed by atoms with van der Waals surface area (Å²) in [6.07, 6.45) is 0.325. The lowest BCUT2D eigenvalue weighted by Gasteiger charge is -2.28. The first-order valence-electron chi connectivity index (χ1n) is 5.29. The normalized spacial score (nSPS) is 21.1. The number of alkyl halides is 3. The van der Waals surface area contributed by atoms with Crippen LogP contribution < -0.4 is 5.32 Å². The van der Waals surface area contributed by atoms with E-state index in [9.17, 15) is 18.0 Å². The minimum atomic E-state index is -4.76. The number of carbonyl (C=O) groups is 1. The van der Waals surface area contributed by atoms with Crippen LogP contribution in [0.15, 0.2) is 0 Å². The Balaban J connectivity index is 2.40. The molecule has 0 bridgehead atoms. The van der Waals surface area contributed by atoms with Crippen LogP contribution >= 0.6 is 0 Å². The van der Waals surface area contributed by atoms with E-state index < -0.39 is 12.1 Å². The van der Waals surface area contributed by atoms with Gasteiger partial charge in [-0.3, -0.25) is 4.79 Å². The molecule has 1 N–H and O–H groups in total. The molecule has 15 heavy (non-hydrogen) atoms. The number of halogens is 3. The van der Waals surface area contributed by atoms with Crippen LogP contribution in [-0.2, 0) is 4.79 Å². The minimum absolute atomic E-state index is 0.199. The predicted molar refractivity (Wildman–Crippen MR) is 50.2 cm³/mol. The van der Waals surface area contributed by atoms with Gasteiger partial charge in [0.1, 0.15) is 0 Å². The molecule has 0 unspecified atom stereocenters. The van der Waals surface area contributed by atoms with Gasteiger partial charge in [-0.25, -0.2) is 0 Å². The van der Waals surface area contributed by atoms with E-state index in [1.54, 1.807) is 6.92 Å². The van der Waals surface area contributed by atoms with E-state index in [2.05, 4.69) is 0 Å². The Morgan fingerprint density at radius 3 is 2.27 bits per heavy atom. The number of rotatable bonds is 2. The Morgan fingerprint density at radius 1 is 1.27 bits per heavy atom. The average molecular weight is 223 g/mol. The molecule has 0 aliphatic heterocycles. The van der Waals surface area contributed by atoms with Gasteiger partial charge in [-0.2, -0.15) is 13.2 Å². The van der Waals surface area contributed by atoms with E-state index in [0.29, 0.717) is 0 Å². The molecule has 0 aromatic rings. The van der Waals surface area contributed by atoms with Gasteiger partial charge in [0.15, 0.2) is 0 Å². The topological polar surface area (TPSA) is 29.1 Å². The van der Waals surface area contributed by atoms with Crippen molar-refractivity contribution in [3.05, 3.63) is 0 Å². The SMILES string of the molecule is C[C@@H](NC(=O)C(F)(F)F)C1CCCCC1. The fourth-order valence-corrected chi connectivity index (χ4v) is 2.04. The molecule has 5 heteroatoms. The summed E-state index contributed by atoms with van der Waals surface area (Å²) < 4.78 is 35.9. The lowest BCUT2D eigenvalue weighted by molar-refractivity contribution is -0.174. The van der Waals surface area contributed by atoms with Crippen LogP contribution in [0.1, 0.15) is 39.0 Å². The second kappa shape index (κ2) is 4.86. The molecule has 0 saturated heterocycles. The highest BCUT2D eigenvalue weighted by Gasteiger charge is 2.40. The lowest BCUT2D eigenvalue weighted by atomic mass is 9.84. The van der Waals surface area contributed by atoms with Gasteiger partial charge < -0.3 is 5.32 Å². The predicted octanol–water partition coefficient (Wildman–Crippen LogP) is 2.63. The van der Waals surface area contributed by atoms with Gasteiger partial charge >= 0.3 is 12.1 Å². The molecule has 0 aromatic heterocycles. The molecular formula is C10H16F3NO. The van der Waals surface area contributed by atoms with Gasteiger partial charge in [0.05, 0.1) is 0 Å². The van der Waals surface area contributed by atoms with Crippen LogP contribution in [0, 0.1) is 5.92 Å². The molecule has 1 fully saturated rings.